The van der Waals surface area contributed by atoms with Gasteiger partial charge in [-0.2, -0.15) is 5.10 Å². The number of rotatable bonds is 3. The van der Waals surface area contributed by atoms with Crippen molar-refractivity contribution in [2.75, 3.05) is 4.90 Å². The lowest BCUT2D eigenvalue weighted by molar-refractivity contribution is 0.0893. The van der Waals surface area contributed by atoms with E-state index in [1.54, 1.807) is 12.4 Å². The molecule has 1 aliphatic heterocycles. The maximum Gasteiger partial charge on any atom is 0.255 e. The first-order chi connectivity index (χ1) is 14.5. The number of nitrogens with one attached hydrogen (secondary N) is 2. The van der Waals surface area contributed by atoms with Gasteiger partial charge in [-0.25, -0.2) is 9.97 Å². The summed E-state index contributed by atoms with van der Waals surface area (Å²) in [5.41, 5.74) is 5.08. The van der Waals surface area contributed by atoms with Crippen LogP contribution in [0.1, 0.15) is 42.7 Å². The van der Waals surface area contributed by atoms with E-state index in [0.29, 0.717) is 16.7 Å². The number of benzene rings is 2. The van der Waals surface area contributed by atoms with Crippen LogP contribution in [0.25, 0.3) is 22.4 Å². The van der Waals surface area contributed by atoms with Gasteiger partial charge < -0.3 is 10.2 Å². The van der Waals surface area contributed by atoms with Crippen molar-refractivity contribution < 1.29 is 4.79 Å². The second kappa shape index (κ2) is 6.66. The highest BCUT2D eigenvalue weighted by Gasteiger charge is 2.39. The highest BCUT2D eigenvalue weighted by Crippen LogP contribution is 2.40. The summed E-state index contributed by atoms with van der Waals surface area (Å²) < 4.78 is 0. The van der Waals surface area contributed by atoms with Crippen molar-refractivity contribution in [1.29, 1.82) is 0 Å². The lowest BCUT2D eigenvalue weighted by Crippen LogP contribution is -2.61. The number of aromatic amines is 1. The van der Waals surface area contributed by atoms with Gasteiger partial charge in [-0.1, -0.05) is 36.4 Å². The summed E-state index contributed by atoms with van der Waals surface area (Å²) in [6.07, 6.45) is 3.29. The maximum absolute atomic E-state index is 12.8. The van der Waals surface area contributed by atoms with Crippen LogP contribution in [0.5, 0.6) is 0 Å². The molecule has 1 atom stereocenters. The minimum atomic E-state index is -0.564. The van der Waals surface area contributed by atoms with E-state index in [1.807, 2.05) is 50.2 Å². The predicted molar refractivity (Wildman–Crippen MR) is 116 cm³/mol. The van der Waals surface area contributed by atoms with E-state index in [9.17, 15) is 4.79 Å². The SMILES string of the molecule is C[C@H](c1ccccc1)N1c2cc(-c3n[nH]c4nccnc34)ccc2C(=O)NC1(C)C. The number of amides is 1. The van der Waals surface area contributed by atoms with Gasteiger partial charge in [0.2, 0.25) is 0 Å². The Bertz CT molecular complexity index is 1250. The molecule has 1 amide bonds. The van der Waals surface area contributed by atoms with Gasteiger partial charge in [0.25, 0.3) is 5.91 Å². The molecular formula is C23H22N6O. The Morgan fingerprint density at radius 2 is 1.80 bits per heavy atom. The first-order valence-corrected chi connectivity index (χ1v) is 9.92. The molecule has 7 heteroatoms. The molecule has 3 heterocycles. The number of carbonyl (C=O) groups excluding carboxylic acids is 1. The Labute approximate surface area is 174 Å². The zero-order valence-electron chi connectivity index (χ0n) is 17.0. The Balaban J connectivity index is 1.68. The van der Waals surface area contributed by atoms with Crippen molar-refractivity contribution in [2.24, 2.45) is 0 Å². The van der Waals surface area contributed by atoms with E-state index in [-0.39, 0.29) is 11.9 Å². The fourth-order valence-corrected chi connectivity index (χ4v) is 4.31. The van der Waals surface area contributed by atoms with Gasteiger partial charge in [0, 0.05) is 18.0 Å². The molecule has 5 rings (SSSR count). The van der Waals surface area contributed by atoms with E-state index in [1.165, 1.54) is 5.56 Å². The fourth-order valence-electron chi connectivity index (χ4n) is 4.31. The van der Waals surface area contributed by atoms with Crippen LogP contribution in [-0.2, 0) is 0 Å². The van der Waals surface area contributed by atoms with E-state index in [2.05, 4.69) is 49.4 Å². The molecule has 150 valence electrons. The number of aromatic nitrogens is 4. The number of anilines is 1. The minimum Gasteiger partial charge on any atom is -0.342 e. The van der Waals surface area contributed by atoms with Gasteiger partial charge in [0.15, 0.2) is 5.65 Å². The van der Waals surface area contributed by atoms with Gasteiger partial charge >= 0.3 is 0 Å². The average molecular weight is 398 g/mol. The maximum atomic E-state index is 12.8. The standard InChI is InChI=1S/C23H22N6O/c1-14(15-7-5-4-6-8-15)29-18-13-16(9-10-17(18)22(30)26-23(29,2)3)19-20-21(28-27-19)25-12-11-24-20/h4-14H,1-3H3,(H,26,30)(H,25,27,28)/t14-/m1/s1. The van der Waals surface area contributed by atoms with Crippen LogP contribution in [-0.4, -0.2) is 31.7 Å². The molecule has 0 aliphatic carbocycles. The zero-order chi connectivity index (χ0) is 20.9. The first-order valence-electron chi connectivity index (χ1n) is 9.92. The average Bonchev–Trinajstić information content (AvgIpc) is 3.17. The third-order valence-corrected chi connectivity index (χ3v) is 5.66. The monoisotopic (exact) mass is 398 g/mol. The van der Waals surface area contributed by atoms with Crippen LogP contribution < -0.4 is 10.2 Å². The summed E-state index contributed by atoms with van der Waals surface area (Å²) in [6.45, 7) is 6.20. The lowest BCUT2D eigenvalue weighted by atomic mass is 9.94. The summed E-state index contributed by atoms with van der Waals surface area (Å²) >= 11 is 0. The number of hydrogen-bond donors (Lipinski definition) is 2. The Kier molecular flexibility index (Phi) is 4.06. The predicted octanol–water partition coefficient (Wildman–Crippen LogP) is 4.07. The third kappa shape index (κ3) is 2.82. The molecule has 2 aromatic carbocycles. The Morgan fingerprint density at radius 3 is 2.60 bits per heavy atom. The van der Waals surface area contributed by atoms with Gasteiger partial charge in [0.1, 0.15) is 16.9 Å². The zero-order valence-corrected chi connectivity index (χ0v) is 17.0. The smallest absolute Gasteiger partial charge is 0.255 e. The van der Waals surface area contributed by atoms with Gasteiger partial charge in [-0.05, 0) is 38.5 Å². The highest BCUT2D eigenvalue weighted by atomic mass is 16.2. The van der Waals surface area contributed by atoms with Crippen LogP contribution in [0.4, 0.5) is 5.69 Å². The van der Waals surface area contributed by atoms with Gasteiger partial charge in [-0.3, -0.25) is 9.89 Å². The summed E-state index contributed by atoms with van der Waals surface area (Å²) in [4.78, 5) is 23.8. The van der Waals surface area contributed by atoms with Gasteiger partial charge in [-0.15, -0.1) is 0 Å². The quantitative estimate of drug-likeness (QED) is 0.543. The molecule has 0 spiro atoms. The van der Waals surface area contributed by atoms with Crippen molar-refractivity contribution in [2.45, 2.75) is 32.5 Å². The Hall–Kier alpha value is -3.74. The molecule has 0 fully saturated rings. The molecule has 7 nitrogen and oxygen atoms in total. The molecule has 30 heavy (non-hydrogen) atoms. The molecule has 0 saturated carbocycles. The fraction of sp³-hybridized carbons (Fsp3) is 0.217. The molecular weight excluding hydrogens is 376 g/mol. The largest absolute Gasteiger partial charge is 0.342 e. The third-order valence-electron chi connectivity index (χ3n) is 5.66. The molecule has 0 unspecified atom stereocenters. The molecule has 0 bridgehead atoms. The van der Waals surface area contributed by atoms with Gasteiger partial charge in [0.05, 0.1) is 17.3 Å². The highest BCUT2D eigenvalue weighted by molar-refractivity contribution is 6.04. The molecule has 1 aliphatic rings. The number of fused-ring (bicyclic) bond motifs is 2. The normalized spacial score (nSPS) is 16.2. The van der Waals surface area contributed by atoms with E-state index < -0.39 is 5.66 Å². The van der Waals surface area contributed by atoms with Crippen molar-refractivity contribution >= 4 is 22.8 Å². The molecule has 2 N–H and O–H groups in total. The summed E-state index contributed by atoms with van der Waals surface area (Å²) in [5.74, 6) is -0.0789. The van der Waals surface area contributed by atoms with Crippen molar-refractivity contribution in [3.05, 3.63) is 72.1 Å². The number of carbonyl (C=O) groups is 1. The van der Waals surface area contributed by atoms with Crippen LogP contribution in [0.15, 0.2) is 60.9 Å². The first kappa shape index (κ1) is 18.3. The minimum absolute atomic E-state index is 0.0477. The summed E-state index contributed by atoms with van der Waals surface area (Å²) in [5, 5.41) is 10.5. The van der Waals surface area contributed by atoms with E-state index in [0.717, 1.165) is 16.9 Å². The molecule has 4 aromatic rings. The molecule has 2 aromatic heterocycles. The summed E-state index contributed by atoms with van der Waals surface area (Å²) in [6, 6.07) is 16.1. The topological polar surface area (TPSA) is 86.8 Å². The van der Waals surface area contributed by atoms with E-state index in [4.69, 9.17) is 0 Å². The number of nitrogens with zero attached hydrogens (tertiary/aromatic N) is 4. The van der Waals surface area contributed by atoms with E-state index >= 15 is 0 Å². The lowest BCUT2D eigenvalue weighted by Gasteiger charge is -2.48. The second-order valence-corrected chi connectivity index (χ2v) is 8.03. The second-order valence-electron chi connectivity index (χ2n) is 8.03. The van der Waals surface area contributed by atoms with Crippen LogP contribution in [0, 0.1) is 0 Å². The Morgan fingerprint density at radius 1 is 1.03 bits per heavy atom. The molecule has 0 radical (unpaired) electrons. The van der Waals surface area contributed by atoms with Crippen LogP contribution >= 0.6 is 0 Å². The van der Waals surface area contributed by atoms with Crippen LogP contribution in [0.2, 0.25) is 0 Å². The number of H-pyrrole nitrogens is 1. The van der Waals surface area contributed by atoms with Crippen molar-refractivity contribution in [1.82, 2.24) is 25.5 Å². The molecule has 0 saturated heterocycles. The number of hydrogen-bond acceptors (Lipinski definition) is 5. The van der Waals surface area contributed by atoms with Crippen molar-refractivity contribution in [3.8, 4) is 11.3 Å². The summed E-state index contributed by atoms with van der Waals surface area (Å²) in [7, 11) is 0. The van der Waals surface area contributed by atoms with Crippen molar-refractivity contribution in [3.63, 3.8) is 0 Å². The van der Waals surface area contributed by atoms with Crippen LogP contribution in [0.3, 0.4) is 0 Å².